The van der Waals surface area contributed by atoms with Crippen molar-refractivity contribution in [3.63, 3.8) is 0 Å². The Kier molecular flexibility index (Phi) is 24.7. The Morgan fingerprint density at radius 1 is 0.361 bits per heavy atom. The van der Waals surface area contributed by atoms with Crippen LogP contribution in [0.4, 0.5) is 60.5 Å². The number of nitrogens with two attached hydrogens (primary N) is 1. The van der Waals surface area contributed by atoms with Crippen molar-refractivity contribution in [2.75, 3.05) is 112 Å². The summed E-state index contributed by atoms with van der Waals surface area (Å²) in [6.45, 7) is 12.5. The summed E-state index contributed by atoms with van der Waals surface area (Å²) < 4.78 is 34.1. The number of para-hydroxylation sites is 1. The molecule has 2 unspecified atom stereocenters. The number of rotatable bonds is 20. The van der Waals surface area contributed by atoms with Crippen LogP contribution in [0.5, 0.6) is 11.5 Å². The van der Waals surface area contributed by atoms with E-state index in [1.54, 1.807) is 100 Å². The highest BCUT2D eigenvalue weighted by molar-refractivity contribution is 6.15. The van der Waals surface area contributed by atoms with E-state index < -0.39 is 11.3 Å². The minimum absolute atomic E-state index is 0.260. The van der Waals surface area contributed by atoms with Gasteiger partial charge in [0.25, 0.3) is 23.6 Å². The minimum Gasteiger partial charge on any atom is -0.456 e. The van der Waals surface area contributed by atoms with Crippen LogP contribution >= 0.6 is 0 Å². The summed E-state index contributed by atoms with van der Waals surface area (Å²) in [6, 6.07) is 57.4. The summed E-state index contributed by atoms with van der Waals surface area (Å²) in [4.78, 5) is 97.5. The molecular formula is C100H94F2N26O5. The van der Waals surface area contributed by atoms with Gasteiger partial charge in [-0.15, -0.1) is 0 Å². The number of H-pyrrole nitrogens is 4. The standard InChI is InChI=1S/C28H24N6O2.C26H27N7O.C23H22FN7O.C23H21FN6O/c35-28(31-21-9-11-26(30-17-21)34-12-4-5-13-34)27-24-15-19(8-10-25(24)32-33-27)20-14-23(18-29-16-20)36-22-6-2-1-3-7-22;34-26(29-21-5-7-24(28-16-21)33-10-1-2-11-33)25-22-13-19(4-6-23(22)30-31-25)20-12-18(14-27-15-20)17-32-8-3-9-32;1-23(24)6-7-31(13-23)20-5-3-17(12-27-20)28-22(32)21-18-9-14(2-4-19(18)29-30-21)15-8-16(25)11-26-10-15;1-23(24)8-10-30(14-23)20-7-5-17(13-26-20)27-22(31)21-18-11-15(4-6-19(18)28-29-21)16-3-2-9-25-12-16/h1-3,6-11,14-18H,4-5,12-13H2,(H,31,35)(H,32,33);4-7,12-16H,1-3,8-11,17H2,(H,29,34)(H,30,31);2-5,8-12H,6-7,13,25H2,1H3,(H,28,32)(H,29,30);2-7,9,11-13H,8,10,14H2,1H3,(H,27,31)(H,28,29). The molecule has 5 aromatic carbocycles. The van der Waals surface area contributed by atoms with Gasteiger partial charge in [-0.1, -0.05) is 48.5 Å². The Hall–Kier alpha value is -16.3. The van der Waals surface area contributed by atoms with Crippen molar-refractivity contribution in [2.45, 2.75) is 76.7 Å². The number of pyridine rings is 8. The zero-order valence-electron chi connectivity index (χ0n) is 73.0. The molecule has 5 aliphatic heterocycles. The van der Waals surface area contributed by atoms with Crippen molar-refractivity contribution in [3.05, 3.63) is 285 Å². The number of carbonyl (C=O) groups excluding carboxylic acids is 4. The molecule has 5 saturated heterocycles. The molecule has 10 N–H and O–H groups in total. The van der Waals surface area contributed by atoms with Gasteiger partial charge in [-0.25, -0.2) is 28.7 Å². The highest BCUT2D eigenvalue weighted by Crippen LogP contribution is 2.37. The van der Waals surface area contributed by atoms with Gasteiger partial charge in [0.05, 0.1) is 94.6 Å². The minimum atomic E-state index is -1.20. The summed E-state index contributed by atoms with van der Waals surface area (Å²) in [5.41, 5.74) is 19.4. The van der Waals surface area contributed by atoms with E-state index in [9.17, 15) is 28.0 Å². The van der Waals surface area contributed by atoms with Gasteiger partial charge in [-0.3, -0.25) is 64.4 Å². The Bertz CT molecular complexity index is 7040. The first-order chi connectivity index (χ1) is 64.8. The number of hydrogen-bond donors (Lipinski definition) is 9. The fraction of sp³-hybridized carbons (Fsp3) is 0.220. The van der Waals surface area contributed by atoms with Crippen LogP contribution in [-0.2, 0) is 6.54 Å². The number of likely N-dealkylation sites (tertiary alicyclic amines) is 1. The van der Waals surface area contributed by atoms with E-state index in [4.69, 9.17) is 10.5 Å². The van der Waals surface area contributed by atoms with E-state index in [0.29, 0.717) is 107 Å². The van der Waals surface area contributed by atoms with Gasteiger partial charge < -0.3 is 51.3 Å². The predicted molar refractivity (Wildman–Crippen MR) is 512 cm³/mol. The molecule has 22 rings (SSSR count). The second-order valence-corrected chi connectivity index (χ2v) is 34.1. The predicted octanol–water partition coefficient (Wildman–Crippen LogP) is 17.7. The average molecular weight is 1780 g/mol. The zero-order valence-corrected chi connectivity index (χ0v) is 73.0. The molecule has 17 heterocycles. The number of benzene rings is 5. The van der Waals surface area contributed by atoms with E-state index in [0.717, 1.165) is 146 Å². The first-order valence-electron chi connectivity index (χ1n) is 44.2. The maximum absolute atomic E-state index is 14.1. The molecule has 0 spiro atoms. The van der Waals surface area contributed by atoms with Crippen LogP contribution in [0.15, 0.2) is 256 Å². The summed E-state index contributed by atoms with van der Waals surface area (Å²) in [7, 11) is 0. The molecule has 0 saturated carbocycles. The molecule has 0 aliphatic carbocycles. The zero-order chi connectivity index (χ0) is 90.9. The maximum atomic E-state index is 14.1. The highest BCUT2D eigenvalue weighted by atomic mass is 19.1. The second-order valence-electron chi connectivity index (χ2n) is 34.1. The number of fused-ring (bicyclic) bond motifs is 4. The third kappa shape index (κ3) is 20.3. The van der Waals surface area contributed by atoms with Gasteiger partial charge in [-0.2, -0.15) is 20.4 Å². The van der Waals surface area contributed by atoms with Gasteiger partial charge in [0.15, 0.2) is 22.8 Å². The number of nitrogen functional groups attached to an aromatic ring is 1. The summed E-state index contributed by atoms with van der Waals surface area (Å²) >= 11 is 0. The van der Waals surface area contributed by atoms with Gasteiger partial charge in [-0.05, 0) is 220 Å². The van der Waals surface area contributed by atoms with Crippen LogP contribution in [0.1, 0.15) is 106 Å². The second kappa shape index (κ2) is 38.2. The van der Waals surface area contributed by atoms with Crippen LogP contribution in [0.25, 0.3) is 88.1 Å². The topological polar surface area (TPSA) is 386 Å². The lowest BCUT2D eigenvalue weighted by molar-refractivity contribution is 0.101. The number of halogens is 2. The number of aromatic amines is 4. The number of ether oxygens (including phenoxy) is 1. The number of aromatic nitrogens is 16. The fourth-order valence-corrected chi connectivity index (χ4v) is 16.9. The largest absolute Gasteiger partial charge is 0.456 e. The lowest BCUT2D eigenvalue weighted by Crippen LogP contribution is -2.36. The smallest absolute Gasteiger partial charge is 0.276 e. The van der Waals surface area contributed by atoms with E-state index in [1.165, 1.54) is 37.7 Å². The molecule has 2 atom stereocenters. The van der Waals surface area contributed by atoms with Gasteiger partial charge in [0, 0.05) is 146 Å². The van der Waals surface area contributed by atoms with E-state index in [1.807, 2.05) is 174 Å². The third-order valence-corrected chi connectivity index (χ3v) is 24.1. The van der Waals surface area contributed by atoms with Crippen LogP contribution < -0.4 is 51.3 Å². The monoisotopic (exact) mass is 1780 g/mol. The van der Waals surface area contributed by atoms with Crippen LogP contribution in [-0.4, -0.2) is 186 Å². The number of amides is 4. The van der Waals surface area contributed by atoms with Crippen molar-refractivity contribution in [2.24, 2.45) is 0 Å². The Labute approximate surface area is 762 Å². The number of carbonyl (C=O) groups is 4. The summed E-state index contributed by atoms with van der Waals surface area (Å²) in [5, 5.41) is 43.1. The number of nitrogens with one attached hydrogen (secondary N) is 8. The number of alkyl halides is 2. The molecule has 0 bridgehead atoms. The average Bonchev–Trinajstić information content (AvgIpc) is 1.67. The van der Waals surface area contributed by atoms with Crippen molar-refractivity contribution < 1.29 is 32.7 Å². The van der Waals surface area contributed by atoms with Crippen LogP contribution in [0, 0.1) is 0 Å². The van der Waals surface area contributed by atoms with Crippen LogP contribution in [0.3, 0.4) is 0 Å². The normalized spacial score (nSPS) is 16.4. The quantitative estimate of drug-likeness (QED) is 0.0342. The summed E-state index contributed by atoms with van der Waals surface area (Å²) in [5.74, 6) is 3.41. The SMILES string of the molecule is CC1(F)CCN(c2ccc(NC(=O)c3n[nH]c4ccc(-c5cccnc5)cc34)cn2)C1.CC1(F)CCN(c2ccc(NC(=O)c3n[nH]c4ccc(-c5cncc(N)c5)cc34)cn2)C1.O=C(Nc1ccc(N2CCCC2)nc1)c1n[nH]c2ccc(-c3cncc(CN4CCC4)c3)cc12.O=C(Nc1ccc(N2CCCC2)nc1)c1n[nH]c2ccc(-c3cncc(Oc4ccccc4)c3)cc12. The summed E-state index contributed by atoms with van der Waals surface area (Å²) in [6.07, 6.45) is 27.6. The lowest BCUT2D eigenvalue weighted by Gasteiger charge is -2.30. The van der Waals surface area contributed by atoms with E-state index in [-0.39, 0.29) is 29.3 Å². The number of hydrogen-bond acceptors (Lipinski definition) is 23. The van der Waals surface area contributed by atoms with Gasteiger partial charge >= 0.3 is 0 Å². The fourth-order valence-electron chi connectivity index (χ4n) is 16.9. The molecule has 5 aliphatic rings. The molecule has 12 aromatic heterocycles. The van der Waals surface area contributed by atoms with E-state index >= 15 is 0 Å². The molecule has 17 aromatic rings. The molecular weight excluding hydrogens is 1680 g/mol. The first kappa shape index (κ1) is 86.1. The maximum Gasteiger partial charge on any atom is 0.276 e. The molecule has 33 heteroatoms. The molecule has 0 radical (unpaired) electrons. The Morgan fingerprint density at radius 3 is 1.11 bits per heavy atom. The van der Waals surface area contributed by atoms with Crippen LogP contribution in [0.2, 0.25) is 0 Å². The van der Waals surface area contributed by atoms with Gasteiger partial charge in [0.2, 0.25) is 0 Å². The Morgan fingerprint density at radius 2 is 0.744 bits per heavy atom. The molecule has 4 amide bonds. The lowest BCUT2D eigenvalue weighted by atomic mass is 10.0. The van der Waals surface area contributed by atoms with Crippen molar-refractivity contribution in [3.8, 4) is 56.0 Å². The highest BCUT2D eigenvalue weighted by Gasteiger charge is 2.36. The third-order valence-electron chi connectivity index (χ3n) is 24.1. The number of nitrogens with zero attached hydrogens (tertiary/aromatic N) is 17. The Balaban J connectivity index is 0.000000114. The molecule has 31 nitrogen and oxygen atoms in total. The van der Waals surface area contributed by atoms with Crippen molar-refractivity contribution in [1.82, 2.24) is 85.6 Å². The molecule has 133 heavy (non-hydrogen) atoms. The first-order valence-corrected chi connectivity index (χ1v) is 44.2. The number of anilines is 9. The van der Waals surface area contributed by atoms with E-state index in [2.05, 4.69) is 123 Å². The molecule has 5 fully saturated rings. The van der Waals surface area contributed by atoms with Crippen molar-refractivity contribution in [1.29, 1.82) is 0 Å². The van der Waals surface area contributed by atoms with Gasteiger partial charge in [0.1, 0.15) is 46.1 Å². The molecule has 668 valence electrons. The van der Waals surface area contributed by atoms with Crippen molar-refractivity contribution >= 4 is 119 Å².